The van der Waals surface area contributed by atoms with Gasteiger partial charge in [0.2, 0.25) is 0 Å². The van der Waals surface area contributed by atoms with Crippen LogP contribution in [0.3, 0.4) is 0 Å². The van der Waals surface area contributed by atoms with Gasteiger partial charge in [-0.15, -0.1) is 0 Å². The van der Waals surface area contributed by atoms with E-state index in [1.807, 2.05) is 19.1 Å². The molecule has 0 aliphatic heterocycles. The molecule has 2 heteroatoms. The highest BCUT2D eigenvalue weighted by Crippen LogP contribution is 2.51. The lowest BCUT2D eigenvalue weighted by atomic mass is 9.60. The Hall–Kier alpha value is -1.44. The summed E-state index contributed by atoms with van der Waals surface area (Å²) >= 11 is 0. The number of hydrogen-bond acceptors (Lipinski definition) is 0. The molecule has 0 radical (unpaired) electrons. The van der Waals surface area contributed by atoms with Crippen LogP contribution >= 0.6 is 0 Å². The molecule has 3 fully saturated rings. The molecule has 32 heavy (non-hydrogen) atoms. The molecule has 3 aliphatic carbocycles. The smallest absolute Gasteiger partial charge is 0.129 e. The van der Waals surface area contributed by atoms with E-state index >= 15 is 0 Å². The fourth-order valence-electron chi connectivity index (χ4n) is 7.23. The predicted octanol–water partition coefficient (Wildman–Crippen LogP) is 9.16. The highest BCUT2D eigenvalue weighted by molar-refractivity contribution is 5.29. The summed E-state index contributed by atoms with van der Waals surface area (Å²) in [7, 11) is 0. The first-order valence-corrected chi connectivity index (χ1v) is 13.3. The fraction of sp³-hybridized carbons (Fsp3) is 0.667. The van der Waals surface area contributed by atoms with Crippen LogP contribution in [-0.4, -0.2) is 0 Å². The zero-order chi connectivity index (χ0) is 22.5. The van der Waals surface area contributed by atoms with Gasteiger partial charge in [-0.25, -0.2) is 8.78 Å². The Labute approximate surface area is 194 Å². The van der Waals surface area contributed by atoms with Crippen LogP contribution in [0.5, 0.6) is 0 Å². The highest BCUT2D eigenvalue weighted by atomic mass is 19.1. The molecule has 176 valence electrons. The average Bonchev–Trinajstić information content (AvgIpc) is 2.81. The third kappa shape index (κ3) is 5.54. The third-order valence-corrected chi connectivity index (χ3v) is 9.03. The highest BCUT2D eigenvalue weighted by Gasteiger charge is 2.39. The van der Waals surface area contributed by atoms with Crippen molar-refractivity contribution in [2.24, 2.45) is 29.6 Å². The van der Waals surface area contributed by atoms with Crippen molar-refractivity contribution < 1.29 is 8.78 Å². The lowest BCUT2D eigenvalue weighted by Gasteiger charge is -2.45. The Kier molecular flexibility index (Phi) is 8.24. The van der Waals surface area contributed by atoms with Crippen LogP contribution in [0.2, 0.25) is 0 Å². The first-order chi connectivity index (χ1) is 15.6. The van der Waals surface area contributed by atoms with Gasteiger partial charge in [-0.2, -0.15) is 0 Å². The summed E-state index contributed by atoms with van der Waals surface area (Å²) in [4.78, 5) is 0. The SMILES string of the molecule is C/C=C/CCc1c(F)cc(C2CCC3CC(C4CCC(/C=C/C)CC4)CCC3C2)cc1F. The normalized spacial score (nSPS) is 33.6. The molecule has 0 nitrogen and oxygen atoms in total. The molecule has 0 N–H and O–H groups in total. The lowest BCUT2D eigenvalue weighted by molar-refractivity contribution is 0.0747. The van der Waals surface area contributed by atoms with Crippen LogP contribution in [0.1, 0.15) is 102 Å². The maximum atomic E-state index is 14.7. The van der Waals surface area contributed by atoms with Crippen LogP contribution < -0.4 is 0 Å². The average molecular weight is 441 g/mol. The standard InChI is InChI=1S/C30H42F2/c1-3-5-6-8-28-29(31)19-27(20-30(28)32)26-16-15-24-17-23(13-14-25(24)18-26)22-11-9-21(7-4-2)10-12-22/h3-5,7,19-26H,6,8-18H2,1-2H3/b5-3+,7-4+. The summed E-state index contributed by atoms with van der Waals surface area (Å²) in [6.07, 6.45) is 22.8. The van der Waals surface area contributed by atoms with Crippen molar-refractivity contribution in [2.45, 2.75) is 96.8 Å². The number of rotatable bonds is 6. The van der Waals surface area contributed by atoms with Gasteiger partial charge in [0, 0.05) is 5.56 Å². The Morgan fingerprint density at radius 1 is 0.750 bits per heavy atom. The van der Waals surface area contributed by atoms with Gasteiger partial charge in [0.05, 0.1) is 0 Å². The van der Waals surface area contributed by atoms with Crippen LogP contribution in [-0.2, 0) is 6.42 Å². The molecule has 0 aromatic heterocycles. The van der Waals surface area contributed by atoms with Crippen molar-refractivity contribution in [3.05, 3.63) is 59.2 Å². The number of benzene rings is 1. The number of halogens is 2. The second-order valence-corrected chi connectivity index (χ2v) is 10.9. The van der Waals surface area contributed by atoms with Crippen LogP contribution in [0.25, 0.3) is 0 Å². The molecule has 0 spiro atoms. The molecular formula is C30H42F2. The van der Waals surface area contributed by atoms with Crippen molar-refractivity contribution in [3.63, 3.8) is 0 Å². The molecule has 0 saturated heterocycles. The van der Waals surface area contributed by atoms with Gasteiger partial charge < -0.3 is 0 Å². The molecule has 1 aromatic rings. The largest absolute Gasteiger partial charge is 0.207 e. The molecule has 3 saturated carbocycles. The Bertz CT molecular complexity index is 776. The van der Waals surface area contributed by atoms with Gasteiger partial charge in [-0.1, -0.05) is 24.3 Å². The predicted molar refractivity (Wildman–Crippen MR) is 131 cm³/mol. The summed E-state index contributed by atoms with van der Waals surface area (Å²) in [5, 5.41) is 0. The summed E-state index contributed by atoms with van der Waals surface area (Å²) in [5.74, 6) is 3.92. The summed E-state index contributed by atoms with van der Waals surface area (Å²) in [6, 6.07) is 3.29. The van der Waals surface area contributed by atoms with Crippen molar-refractivity contribution in [1.82, 2.24) is 0 Å². The van der Waals surface area contributed by atoms with Gasteiger partial charge in [-0.05, 0) is 144 Å². The summed E-state index contributed by atoms with van der Waals surface area (Å²) in [5.41, 5.74) is 1.16. The minimum atomic E-state index is -0.344. The lowest BCUT2D eigenvalue weighted by Crippen LogP contribution is -2.34. The zero-order valence-electron chi connectivity index (χ0n) is 20.2. The maximum Gasteiger partial charge on any atom is 0.129 e. The summed E-state index contributed by atoms with van der Waals surface area (Å²) in [6.45, 7) is 4.08. The Morgan fingerprint density at radius 2 is 1.34 bits per heavy atom. The van der Waals surface area contributed by atoms with Gasteiger partial charge in [0.15, 0.2) is 0 Å². The molecule has 0 amide bonds. The van der Waals surface area contributed by atoms with Crippen molar-refractivity contribution >= 4 is 0 Å². The number of hydrogen-bond donors (Lipinski definition) is 0. The van der Waals surface area contributed by atoms with Crippen molar-refractivity contribution in [2.75, 3.05) is 0 Å². The molecule has 3 aliphatic rings. The third-order valence-electron chi connectivity index (χ3n) is 9.03. The molecule has 4 rings (SSSR count). The van der Waals surface area contributed by atoms with E-state index in [9.17, 15) is 8.78 Å². The van der Waals surface area contributed by atoms with Gasteiger partial charge >= 0.3 is 0 Å². The molecular weight excluding hydrogens is 398 g/mol. The molecule has 0 heterocycles. The van der Waals surface area contributed by atoms with E-state index < -0.39 is 0 Å². The minimum absolute atomic E-state index is 0.255. The van der Waals surface area contributed by atoms with Crippen LogP contribution in [0.4, 0.5) is 8.78 Å². The van der Waals surface area contributed by atoms with E-state index in [2.05, 4.69) is 19.1 Å². The van der Waals surface area contributed by atoms with Gasteiger partial charge in [-0.3, -0.25) is 0 Å². The van der Waals surface area contributed by atoms with E-state index in [-0.39, 0.29) is 17.2 Å². The van der Waals surface area contributed by atoms with Gasteiger partial charge in [0.1, 0.15) is 11.6 Å². The molecule has 0 bridgehead atoms. The van der Waals surface area contributed by atoms with E-state index in [0.717, 1.165) is 48.0 Å². The Morgan fingerprint density at radius 3 is 2.00 bits per heavy atom. The molecule has 1 aromatic carbocycles. The first-order valence-electron chi connectivity index (χ1n) is 13.3. The van der Waals surface area contributed by atoms with E-state index in [0.29, 0.717) is 18.8 Å². The van der Waals surface area contributed by atoms with Crippen molar-refractivity contribution in [1.29, 1.82) is 0 Å². The van der Waals surface area contributed by atoms with Crippen molar-refractivity contribution in [3.8, 4) is 0 Å². The zero-order valence-corrected chi connectivity index (χ0v) is 20.2. The van der Waals surface area contributed by atoms with E-state index in [4.69, 9.17) is 0 Å². The fourth-order valence-corrected chi connectivity index (χ4v) is 7.23. The second kappa shape index (κ2) is 11.1. The molecule has 4 atom stereocenters. The van der Waals surface area contributed by atoms with Crippen LogP contribution in [0.15, 0.2) is 36.4 Å². The second-order valence-electron chi connectivity index (χ2n) is 10.9. The topological polar surface area (TPSA) is 0 Å². The van der Waals surface area contributed by atoms with E-state index in [1.54, 1.807) is 12.1 Å². The van der Waals surface area contributed by atoms with E-state index in [1.165, 1.54) is 51.4 Å². The number of allylic oxidation sites excluding steroid dienone is 4. The van der Waals surface area contributed by atoms with Crippen LogP contribution in [0, 0.1) is 41.2 Å². The first kappa shape index (κ1) is 23.7. The Balaban J connectivity index is 1.33. The minimum Gasteiger partial charge on any atom is -0.207 e. The maximum absolute atomic E-state index is 14.7. The number of fused-ring (bicyclic) bond motifs is 1. The molecule has 4 unspecified atom stereocenters. The van der Waals surface area contributed by atoms with Gasteiger partial charge in [0.25, 0.3) is 0 Å². The monoisotopic (exact) mass is 440 g/mol. The summed E-state index contributed by atoms with van der Waals surface area (Å²) < 4.78 is 29.4. The quantitative estimate of drug-likeness (QED) is 0.387.